The molecule has 74 valence electrons. The van der Waals surface area contributed by atoms with E-state index in [4.69, 9.17) is 23.2 Å². The van der Waals surface area contributed by atoms with Crippen molar-refractivity contribution in [3.8, 4) is 0 Å². The third kappa shape index (κ3) is 4.01. The summed E-state index contributed by atoms with van der Waals surface area (Å²) in [6, 6.07) is 0. The third-order valence-electron chi connectivity index (χ3n) is 2.07. The van der Waals surface area contributed by atoms with Crippen molar-refractivity contribution in [3.63, 3.8) is 0 Å². The zero-order valence-electron chi connectivity index (χ0n) is 7.30. The van der Waals surface area contributed by atoms with Gasteiger partial charge in [-0.3, -0.25) is 4.79 Å². The molecule has 2 nitrogen and oxygen atoms in total. The first-order chi connectivity index (χ1) is 6.20. The largest absolute Gasteiger partial charge is 0.353 e. The minimum atomic E-state index is -0.511. The van der Waals surface area contributed by atoms with Crippen molar-refractivity contribution < 1.29 is 4.79 Å². The van der Waals surface area contributed by atoms with Crippen LogP contribution in [0.1, 0.15) is 19.3 Å². The number of alkyl halides is 2. The number of carbonyl (C=O) groups is 1. The smallest absolute Gasteiger partial charge is 0.223 e. The van der Waals surface area contributed by atoms with Crippen LogP contribution in [0.15, 0.2) is 12.2 Å². The van der Waals surface area contributed by atoms with Crippen LogP contribution in [0.3, 0.4) is 0 Å². The molecular formula is C9H13Cl2NO. The van der Waals surface area contributed by atoms with E-state index in [1.807, 2.05) is 6.08 Å². The lowest BCUT2D eigenvalue weighted by molar-refractivity contribution is -0.125. The highest BCUT2D eigenvalue weighted by molar-refractivity contribution is 6.44. The average Bonchev–Trinajstić information content (AvgIpc) is 2.15. The van der Waals surface area contributed by atoms with Crippen LogP contribution in [0.5, 0.6) is 0 Å². The molecule has 4 heteroatoms. The first-order valence-corrected chi connectivity index (χ1v) is 5.28. The highest BCUT2D eigenvalue weighted by Crippen LogP contribution is 2.18. The number of carbonyl (C=O) groups excluding carboxylic acids is 1. The molecule has 0 heterocycles. The summed E-state index contributed by atoms with van der Waals surface area (Å²) in [6.07, 6.45) is 6.91. The van der Waals surface area contributed by atoms with Crippen molar-refractivity contribution in [1.82, 2.24) is 5.32 Å². The molecule has 0 aromatic carbocycles. The Morgan fingerprint density at radius 3 is 2.85 bits per heavy atom. The lowest BCUT2D eigenvalue weighted by atomic mass is 9.94. The molecule has 1 aliphatic carbocycles. The first-order valence-electron chi connectivity index (χ1n) is 4.41. The highest BCUT2D eigenvalue weighted by atomic mass is 35.5. The van der Waals surface area contributed by atoms with Gasteiger partial charge in [0.1, 0.15) is 4.84 Å². The minimum Gasteiger partial charge on any atom is -0.353 e. The Kier molecular flexibility index (Phi) is 4.60. The number of hydrogen-bond acceptors (Lipinski definition) is 1. The molecule has 13 heavy (non-hydrogen) atoms. The normalized spacial score (nSPS) is 21.9. The Morgan fingerprint density at radius 1 is 1.54 bits per heavy atom. The van der Waals surface area contributed by atoms with Crippen LogP contribution >= 0.6 is 23.2 Å². The second-order valence-electron chi connectivity index (χ2n) is 3.12. The van der Waals surface area contributed by atoms with Gasteiger partial charge in [-0.05, 0) is 19.3 Å². The summed E-state index contributed by atoms with van der Waals surface area (Å²) in [7, 11) is 0. The van der Waals surface area contributed by atoms with Crippen LogP contribution in [-0.2, 0) is 4.79 Å². The second kappa shape index (κ2) is 5.51. The molecule has 0 aromatic rings. The quantitative estimate of drug-likeness (QED) is 0.576. The fourth-order valence-electron chi connectivity index (χ4n) is 1.35. The maximum atomic E-state index is 11.4. The molecule has 1 rings (SSSR count). The van der Waals surface area contributed by atoms with Crippen LogP contribution in [0.4, 0.5) is 0 Å². The van der Waals surface area contributed by atoms with Gasteiger partial charge < -0.3 is 5.32 Å². The molecule has 0 spiro atoms. The van der Waals surface area contributed by atoms with Gasteiger partial charge in [-0.15, -0.1) is 23.2 Å². The first kappa shape index (κ1) is 10.9. The summed E-state index contributed by atoms with van der Waals surface area (Å²) in [5.41, 5.74) is 0. The van der Waals surface area contributed by atoms with Crippen molar-refractivity contribution in [1.29, 1.82) is 0 Å². The number of halogens is 2. The Morgan fingerprint density at radius 2 is 2.31 bits per heavy atom. The van der Waals surface area contributed by atoms with Gasteiger partial charge in [-0.25, -0.2) is 0 Å². The lowest BCUT2D eigenvalue weighted by Gasteiger charge is -2.17. The maximum absolute atomic E-state index is 11.4. The van der Waals surface area contributed by atoms with Crippen molar-refractivity contribution in [2.45, 2.75) is 24.1 Å². The molecule has 1 aliphatic rings. The van der Waals surface area contributed by atoms with E-state index < -0.39 is 4.84 Å². The fraction of sp³-hybridized carbons (Fsp3) is 0.667. The van der Waals surface area contributed by atoms with E-state index in [9.17, 15) is 4.79 Å². The van der Waals surface area contributed by atoms with E-state index >= 15 is 0 Å². The van der Waals surface area contributed by atoms with Crippen molar-refractivity contribution >= 4 is 29.1 Å². The van der Waals surface area contributed by atoms with Gasteiger partial charge in [0.05, 0.1) is 0 Å². The Balaban J connectivity index is 2.26. The summed E-state index contributed by atoms with van der Waals surface area (Å²) in [5.74, 6) is 0.174. The molecule has 1 N–H and O–H groups in total. The lowest BCUT2D eigenvalue weighted by Crippen LogP contribution is -2.33. The topological polar surface area (TPSA) is 29.1 Å². The summed E-state index contributed by atoms with van der Waals surface area (Å²) in [5, 5.41) is 2.72. The van der Waals surface area contributed by atoms with Gasteiger partial charge in [0, 0.05) is 12.5 Å². The number of allylic oxidation sites excluding steroid dienone is 2. The highest BCUT2D eigenvalue weighted by Gasteiger charge is 2.18. The van der Waals surface area contributed by atoms with Crippen molar-refractivity contribution in [2.75, 3.05) is 6.54 Å². The summed E-state index contributed by atoms with van der Waals surface area (Å²) < 4.78 is 0. The molecule has 1 atom stereocenters. The minimum absolute atomic E-state index is 0.0654. The Hall–Kier alpha value is -0.210. The monoisotopic (exact) mass is 221 g/mol. The van der Waals surface area contributed by atoms with Crippen LogP contribution in [0.25, 0.3) is 0 Å². The van der Waals surface area contributed by atoms with E-state index in [1.54, 1.807) is 0 Å². The molecule has 0 aliphatic heterocycles. The van der Waals surface area contributed by atoms with E-state index in [-0.39, 0.29) is 11.8 Å². The second-order valence-corrected chi connectivity index (χ2v) is 4.39. The van der Waals surface area contributed by atoms with Gasteiger partial charge in [0.15, 0.2) is 0 Å². The number of nitrogens with one attached hydrogen (secondary N) is 1. The van der Waals surface area contributed by atoms with Gasteiger partial charge in [0.25, 0.3) is 0 Å². The van der Waals surface area contributed by atoms with Gasteiger partial charge in [0.2, 0.25) is 5.91 Å². The predicted octanol–water partition coefficient (Wildman–Crippen LogP) is 2.26. The third-order valence-corrected chi connectivity index (χ3v) is 2.38. The predicted molar refractivity (Wildman–Crippen MR) is 55.0 cm³/mol. The molecule has 0 aromatic heterocycles. The molecule has 0 bridgehead atoms. The van der Waals surface area contributed by atoms with Crippen molar-refractivity contribution in [2.24, 2.45) is 5.92 Å². The van der Waals surface area contributed by atoms with Crippen LogP contribution in [0, 0.1) is 5.92 Å². The zero-order valence-corrected chi connectivity index (χ0v) is 8.81. The molecule has 1 unspecified atom stereocenters. The SMILES string of the molecule is O=C(NCC(Cl)Cl)C1CC=CCC1. The standard InChI is InChI=1S/C9H13Cl2NO/c10-8(11)6-12-9(13)7-4-2-1-3-5-7/h1-2,7-8H,3-6H2,(H,12,13). The molecule has 0 saturated carbocycles. The molecule has 0 saturated heterocycles. The summed E-state index contributed by atoms with van der Waals surface area (Å²) in [4.78, 5) is 10.9. The molecule has 0 fully saturated rings. The maximum Gasteiger partial charge on any atom is 0.223 e. The molecular weight excluding hydrogens is 209 g/mol. The fourth-order valence-corrected chi connectivity index (χ4v) is 1.51. The van der Waals surface area contributed by atoms with Crippen LogP contribution in [0.2, 0.25) is 0 Å². The van der Waals surface area contributed by atoms with E-state index in [2.05, 4.69) is 11.4 Å². The summed E-state index contributed by atoms with van der Waals surface area (Å²) in [6.45, 7) is 0.335. The van der Waals surface area contributed by atoms with E-state index in [0.717, 1.165) is 19.3 Å². The molecule has 0 radical (unpaired) electrons. The number of rotatable bonds is 3. The Bertz CT molecular complexity index is 204. The van der Waals surface area contributed by atoms with Crippen LogP contribution < -0.4 is 5.32 Å². The number of hydrogen-bond donors (Lipinski definition) is 1. The van der Waals surface area contributed by atoms with Gasteiger partial charge >= 0.3 is 0 Å². The zero-order chi connectivity index (χ0) is 9.68. The Labute approximate surface area is 88.3 Å². The number of amides is 1. The summed E-state index contributed by atoms with van der Waals surface area (Å²) >= 11 is 11.0. The van der Waals surface area contributed by atoms with E-state index in [1.165, 1.54) is 0 Å². The molecule has 1 amide bonds. The van der Waals surface area contributed by atoms with Gasteiger partial charge in [-0.2, -0.15) is 0 Å². The van der Waals surface area contributed by atoms with Crippen LogP contribution in [-0.4, -0.2) is 17.3 Å². The average molecular weight is 222 g/mol. The van der Waals surface area contributed by atoms with Gasteiger partial charge in [-0.1, -0.05) is 12.2 Å². The van der Waals surface area contributed by atoms with E-state index in [0.29, 0.717) is 6.54 Å². The van der Waals surface area contributed by atoms with Crippen molar-refractivity contribution in [3.05, 3.63) is 12.2 Å².